The van der Waals surface area contributed by atoms with Gasteiger partial charge in [0.25, 0.3) is 5.91 Å². The van der Waals surface area contributed by atoms with Crippen LogP contribution in [0.1, 0.15) is 24.5 Å². The van der Waals surface area contributed by atoms with E-state index in [0.29, 0.717) is 16.3 Å². The number of nitrogens with zero attached hydrogens (tertiary/aromatic N) is 2. The van der Waals surface area contributed by atoms with Gasteiger partial charge in [0.2, 0.25) is 0 Å². The van der Waals surface area contributed by atoms with E-state index in [1.165, 1.54) is 25.9 Å². The molecule has 2 N–H and O–H groups in total. The molecule has 21 heavy (non-hydrogen) atoms. The highest BCUT2D eigenvalue weighted by Crippen LogP contribution is 2.38. The van der Waals surface area contributed by atoms with Crippen molar-refractivity contribution in [2.75, 3.05) is 43.4 Å². The molecular formula is C15H20ClN3O2. The van der Waals surface area contributed by atoms with Crippen LogP contribution in [0.3, 0.4) is 0 Å². The van der Waals surface area contributed by atoms with Gasteiger partial charge in [-0.25, -0.2) is 0 Å². The molecule has 2 aliphatic heterocycles. The molecule has 0 spiro atoms. The number of anilines is 2. The molecule has 1 atom stereocenters. The van der Waals surface area contributed by atoms with Crippen LogP contribution in [0.5, 0.6) is 0 Å². The third-order valence-electron chi connectivity index (χ3n) is 4.28. The van der Waals surface area contributed by atoms with Crippen LogP contribution in [0, 0.1) is 0 Å². The van der Waals surface area contributed by atoms with Gasteiger partial charge in [0, 0.05) is 31.4 Å². The van der Waals surface area contributed by atoms with Gasteiger partial charge in [0.15, 0.2) is 6.10 Å². The first kappa shape index (κ1) is 14.6. The predicted octanol–water partition coefficient (Wildman–Crippen LogP) is 1.86. The Hall–Kier alpha value is -1.30. The zero-order valence-electron chi connectivity index (χ0n) is 12.1. The molecule has 0 saturated carbocycles. The van der Waals surface area contributed by atoms with Crippen LogP contribution in [0.2, 0.25) is 5.02 Å². The smallest absolute Gasteiger partial charge is 0.257 e. The lowest BCUT2D eigenvalue weighted by molar-refractivity contribution is -0.123. The Balaban J connectivity index is 1.73. The van der Waals surface area contributed by atoms with Crippen LogP contribution in [0.25, 0.3) is 0 Å². The number of fused-ring (bicyclic) bond motifs is 1. The Morgan fingerprint density at radius 2 is 2.14 bits per heavy atom. The van der Waals surface area contributed by atoms with Gasteiger partial charge in [0.1, 0.15) is 0 Å². The second-order valence-electron chi connectivity index (χ2n) is 5.75. The van der Waals surface area contributed by atoms with Crippen molar-refractivity contribution in [2.24, 2.45) is 0 Å². The molecule has 1 saturated heterocycles. The summed E-state index contributed by atoms with van der Waals surface area (Å²) >= 11 is 6.31. The molecule has 0 bridgehead atoms. The normalized spacial score (nSPS) is 21.5. The minimum absolute atomic E-state index is 0.391. The van der Waals surface area contributed by atoms with Crippen LogP contribution in [0.15, 0.2) is 12.1 Å². The number of aliphatic hydroxyl groups is 1. The quantitative estimate of drug-likeness (QED) is 0.891. The van der Waals surface area contributed by atoms with E-state index in [1.54, 1.807) is 6.07 Å². The minimum atomic E-state index is -1.11. The molecule has 5 nitrogen and oxygen atoms in total. The van der Waals surface area contributed by atoms with Gasteiger partial charge in [-0.1, -0.05) is 11.6 Å². The number of likely N-dealkylation sites (tertiary alicyclic amines) is 1. The number of aliphatic hydroxyl groups excluding tert-OH is 1. The lowest BCUT2D eigenvalue weighted by Crippen LogP contribution is -2.31. The number of hydrogen-bond donors (Lipinski definition) is 2. The number of carbonyl (C=O) groups is 1. The molecule has 2 heterocycles. The number of carbonyl (C=O) groups excluding carboxylic acids is 1. The zero-order valence-corrected chi connectivity index (χ0v) is 12.9. The van der Waals surface area contributed by atoms with E-state index in [0.717, 1.165) is 18.8 Å². The topological polar surface area (TPSA) is 55.8 Å². The molecule has 6 heteroatoms. The number of hydrogen-bond acceptors (Lipinski definition) is 4. The summed E-state index contributed by atoms with van der Waals surface area (Å²) in [4.78, 5) is 16.0. The van der Waals surface area contributed by atoms with E-state index < -0.39 is 12.0 Å². The van der Waals surface area contributed by atoms with E-state index in [4.69, 9.17) is 11.6 Å². The first-order valence-corrected chi connectivity index (χ1v) is 7.70. The third kappa shape index (κ3) is 2.86. The van der Waals surface area contributed by atoms with E-state index >= 15 is 0 Å². The van der Waals surface area contributed by atoms with Gasteiger partial charge >= 0.3 is 0 Å². The number of likely N-dealkylation sites (N-methyl/N-ethyl adjacent to an activating group) is 1. The highest BCUT2D eigenvalue weighted by molar-refractivity contribution is 6.33. The maximum Gasteiger partial charge on any atom is 0.257 e. The van der Waals surface area contributed by atoms with Crippen molar-refractivity contribution in [2.45, 2.75) is 18.9 Å². The van der Waals surface area contributed by atoms with Crippen molar-refractivity contribution in [3.8, 4) is 0 Å². The maximum absolute atomic E-state index is 11.5. The fraction of sp³-hybridized carbons (Fsp3) is 0.533. The number of amides is 1. The summed E-state index contributed by atoms with van der Waals surface area (Å²) in [6, 6.07) is 3.52. The average Bonchev–Trinajstić information content (AvgIpc) is 3.06. The van der Waals surface area contributed by atoms with Crippen molar-refractivity contribution in [3.63, 3.8) is 0 Å². The molecule has 1 aromatic carbocycles. The summed E-state index contributed by atoms with van der Waals surface area (Å²) in [6.45, 7) is 4.25. The van der Waals surface area contributed by atoms with Gasteiger partial charge in [0.05, 0.1) is 10.7 Å². The van der Waals surface area contributed by atoms with Crippen LogP contribution in [0.4, 0.5) is 11.4 Å². The second-order valence-corrected chi connectivity index (χ2v) is 6.16. The molecule has 1 aromatic rings. The molecule has 1 unspecified atom stereocenters. The molecule has 2 aliphatic rings. The predicted molar refractivity (Wildman–Crippen MR) is 84.0 cm³/mol. The molecule has 114 valence electrons. The van der Waals surface area contributed by atoms with Gasteiger partial charge < -0.3 is 20.2 Å². The zero-order chi connectivity index (χ0) is 15.0. The van der Waals surface area contributed by atoms with Gasteiger partial charge in [-0.05, 0) is 38.1 Å². The summed E-state index contributed by atoms with van der Waals surface area (Å²) in [7, 11) is 2.00. The molecule has 0 radical (unpaired) electrons. The summed E-state index contributed by atoms with van der Waals surface area (Å²) in [5.74, 6) is -0.391. The number of benzene rings is 1. The molecule has 3 rings (SSSR count). The van der Waals surface area contributed by atoms with E-state index in [9.17, 15) is 9.90 Å². The number of halogens is 1. The molecule has 1 fully saturated rings. The maximum atomic E-state index is 11.5. The van der Waals surface area contributed by atoms with Gasteiger partial charge in [-0.2, -0.15) is 0 Å². The summed E-state index contributed by atoms with van der Waals surface area (Å²) in [6.07, 6.45) is 1.46. The molecule has 0 aliphatic carbocycles. The fourth-order valence-corrected chi connectivity index (χ4v) is 3.28. The Morgan fingerprint density at radius 3 is 2.86 bits per heavy atom. The lowest BCUT2D eigenvalue weighted by Gasteiger charge is -2.24. The molecule has 0 aromatic heterocycles. The standard InChI is InChI=1S/C15H20ClN3O2/c1-18(6-7-19-4-2-3-5-19)13-9-12-10(8-11(13)16)14(20)15(21)17-12/h8-9,14,20H,2-7H2,1H3,(H,17,21). The van der Waals surface area contributed by atoms with Crippen molar-refractivity contribution < 1.29 is 9.90 Å². The van der Waals surface area contributed by atoms with Crippen LogP contribution < -0.4 is 10.2 Å². The highest BCUT2D eigenvalue weighted by atomic mass is 35.5. The second kappa shape index (κ2) is 5.83. The monoisotopic (exact) mass is 309 g/mol. The number of rotatable bonds is 4. The van der Waals surface area contributed by atoms with E-state index in [-0.39, 0.29) is 0 Å². The van der Waals surface area contributed by atoms with Crippen LogP contribution >= 0.6 is 11.6 Å². The molecular weight excluding hydrogens is 290 g/mol. The van der Waals surface area contributed by atoms with Crippen LogP contribution in [-0.4, -0.2) is 49.1 Å². The summed E-state index contributed by atoms with van der Waals surface area (Å²) in [5.41, 5.74) is 2.09. The summed E-state index contributed by atoms with van der Waals surface area (Å²) in [5, 5.41) is 13.0. The Labute approximate surface area is 129 Å². The Kier molecular flexibility index (Phi) is 4.06. The lowest BCUT2D eigenvalue weighted by atomic mass is 10.1. The fourth-order valence-electron chi connectivity index (χ4n) is 2.96. The molecule has 1 amide bonds. The Morgan fingerprint density at radius 1 is 1.43 bits per heavy atom. The average molecular weight is 310 g/mol. The largest absolute Gasteiger partial charge is 0.378 e. The highest BCUT2D eigenvalue weighted by Gasteiger charge is 2.30. The third-order valence-corrected chi connectivity index (χ3v) is 4.58. The van der Waals surface area contributed by atoms with Gasteiger partial charge in [-0.15, -0.1) is 0 Å². The van der Waals surface area contributed by atoms with Gasteiger partial charge in [-0.3, -0.25) is 4.79 Å². The first-order chi connectivity index (χ1) is 10.1. The SMILES string of the molecule is CN(CCN1CCCC1)c1cc2c(cc1Cl)C(O)C(=O)N2. The van der Waals surface area contributed by atoms with Crippen molar-refractivity contribution in [1.29, 1.82) is 0 Å². The van der Waals surface area contributed by atoms with Crippen molar-refractivity contribution in [3.05, 3.63) is 22.7 Å². The van der Waals surface area contributed by atoms with E-state index in [1.807, 2.05) is 13.1 Å². The first-order valence-electron chi connectivity index (χ1n) is 7.32. The Bertz CT molecular complexity index is 558. The summed E-state index contributed by atoms with van der Waals surface area (Å²) < 4.78 is 0. The van der Waals surface area contributed by atoms with Crippen molar-refractivity contribution >= 4 is 28.9 Å². The van der Waals surface area contributed by atoms with Crippen molar-refractivity contribution in [1.82, 2.24) is 4.90 Å². The minimum Gasteiger partial charge on any atom is -0.378 e. The van der Waals surface area contributed by atoms with Crippen LogP contribution in [-0.2, 0) is 4.79 Å². The van der Waals surface area contributed by atoms with E-state index in [2.05, 4.69) is 15.1 Å². The number of nitrogens with one attached hydrogen (secondary N) is 1.